The molecule has 0 spiro atoms. The zero-order valence-corrected chi connectivity index (χ0v) is 19.4. The Morgan fingerprint density at radius 1 is 1.03 bits per heavy atom. The van der Waals surface area contributed by atoms with Crippen LogP contribution in [0.3, 0.4) is 0 Å². The van der Waals surface area contributed by atoms with E-state index in [1.165, 1.54) is 0 Å². The molecule has 0 saturated carbocycles. The van der Waals surface area contributed by atoms with Crippen molar-refractivity contribution in [2.75, 3.05) is 7.11 Å². The van der Waals surface area contributed by atoms with E-state index in [9.17, 15) is 13.2 Å². The summed E-state index contributed by atoms with van der Waals surface area (Å²) in [4.78, 5) is 4.27. The van der Waals surface area contributed by atoms with Crippen molar-refractivity contribution in [1.82, 2.24) is 24.3 Å². The number of fused-ring (bicyclic) bond motifs is 1. The Bertz CT molecular complexity index is 1380. The van der Waals surface area contributed by atoms with Crippen LogP contribution in [-0.4, -0.2) is 31.4 Å². The van der Waals surface area contributed by atoms with E-state index in [1.807, 2.05) is 52.6 Å². The third-order valence-electron chi connectivity index (χ3n) is 6.27. The third-order valence-corrected chi connectivity index (χ3v) is 6.27. The molecule has 0 N–H and O–H groups in total. The summed E-state index contributed by atoms with van der Waals surface area (Å²) in [6, 6.07) is 7.96. The summed E-state index contributed by atoms with van der Waals surface area (Å²) in [6.45, 7) is 2.61. The molecular formula is C26H24F3N5O. The molecule has 1 atom stereocenters. The lowest BCUT2D eigenvalue weighted by atomic mass is 9.93. The van der Waals surface area contributed by atoms with E-state index in [4.69, 9.17) is 4.74 Å². The number of hydrogen-bond acceptors (Lipinski definition) is 4. The van der Waals surface area contributed by atoms with Crippen LogP contribution in [0.1, 0.15) is 53.7 Å². The standard InChI is InChI=1S/C26H24F3N5O/c1-16-14-33(15-30-16)22-8-6-17(11-23(22)35-2)7-9-24-31-32-26-19(5-3-4-10-34(24)26)18-12-20(27)25(29)21(28)13-18/h6-9,11-15,19H,3-5,10H2,1-2H3/t19-/m0/s1. The molecule has 1 aliphatic rings. The predicted octanol–water partition coefficient (Wildman–Crippen LogP) is 5.68. The summed E-state index contributed by atoms with van der Waals surface area (Å²) in [5.41, 5.74) is 3.06. The highest BCUT2D eigenvalue weighted by atomic mass is 19.2. The molecule has 180 valence electrons. The van der Waals surface area contributed by atoms with E-state index in [1.54, 1.807) is 13.4 Å². The number of halogens is 3. The van der Waals surface area contributed by atoms with Crippen molar-refractivity contribution in [3.63, 3.8) is 0 Å². The molecule has 2 aromatic heterocycles. The summed E-state index contributed by atoms with van der Waals surface area (Å²) < 4.78 is 50.7. The number of methoxy groups -OCH3 is 1. The highest BCUT2D eigenvalue weighted by Crippen LogP contribution is 2.34. The fourth-order valence-electron chi connectivity index (χ4n) is 4.51. The van der Waals surface area contributed by atoms with Crippen LogP contribution >= 0.6 is 0 Å². The van der Waals surface area contributed by atoms with Gasteiger partial charge >= 0.3 is 0 Å². The van der Waals surface area contributed by atoms with Gasteiger partial charge in [0, 0.05) is 18.7 Å². The molecule has 0 amide bonds. The molecule has 35 heavy (non-hydrogen) atoms. The first-order valence-electron chi connectivity index (χ1n) is 11.4. The molecule has 0 bridgehead atoms. The molecule has 0 unspecified atom stereocenters. The van der Waals surface area contributed by atoms with Crippen molar-refractivity contribution in [1.29, 1.82) is 0 Å². The fourth-order valence-corrected chi connectivity index (χ4v) is 4.51. The maximum Gasteiger partial charge on any atom is 0.194 e. The maximum absolute atomic E-state index is 13.9. The van der Waals surface area contributed by atoms with Gasteiger partial charge in [0.1, 0.15) is 11.6 Å². The van der Waals surface area contributed by atoms with Crippen molar-refractivity contribution in [2.24, 2.45) is 0 Å². The Hall–Kier alpha value is -3.88. The van der Waals surface area contributed by atoms with Crippen molar-refractivity contribution in [3.8, 4) is 11.4 Å². The van der Waals surface area contributed by atoms with Crippen molar-refractivity contribution in [2.45, 2.75) is 38.6 Å². The monoisotopic (exact) mass is 479 g/mol. The van der Waals surface area contributed by atoms with Crippen LogP contribution in [0, 0.1) is 24.4 Å². The minimum atomic E-state index is -1.46. The van der Waals surface area contributed by atoms with Crippen molar-refractivity contribution in [3.05, 3.63) is 88.8 Å². The quantitative estimate of drug-likeness (QED) is 0.346. The summed E-state index contributed by atoms with van der Waals surface area (Å²) in [6.07, 6.45) is 9.82. The number of nitrogens with zero attached hydrogens (tertiary/aromatic N) is 5. The van der Waals surface area contributed by atoms with Gasteiger partial charge in [-0.3, -0.25) is 0 Å². The third kappa shape index (κ3) is 4.45. The minimum absolute atomic E-state index is 0.363. The lowest BCUT2D eigenvalue weighted by molar-refractivity contribution is 0.413. The summed E-state index contributed by atoms with van der Waals surface area (Å²) in [5.74, 6) is -2.26. The average molecular weight is 480 g/mol. The summed E-state index contributed by atoms with van der Waals surface area (Å²) in [7, 11) is 1.62. The molecule has 0 aliphatic carbocycles. The first-order chi connectivity index (χ1) is 16.9. The number of aryl methyl sites for hydroxylation is 1. The van der Waals surface area contributed by atoms with Crippen LogP contribution in [0.15, 0.2) is 42.9 Å². The predicted molar refractivity (Wildman–Crippen MR) is 126 cm³/mol. The number of ether oxygens (including phenoxy) is 1. The molecule has 0 radical (unpaired) electrons. The molecule has 5 rings (SSSR count). The zero-order chi connectivity index (χ0) is 24.5. The molecule has 3 heterocycles. The van der Waals surface area contributed by atoms with Gasteiger partial charge < -0.3 is 13.9 Å². The van der Waals surface area contributed by atoms with Gasteiger partial charge in [0.05, 0.1) is 24.8 Å². The zero-order valence-electron chi connectivity index (χ0n) is 19.4. The number of benzene rings is 2. The number of imidazole rings is 1. The van der Waals surface area contributed by atoms with Crippen LogP contribution < -0.4 is 4.74 Å². The molecule has 4 aromatic rings. The maximum atomic E-state index is 13.9. The minimum Gasteiger partial charge on any atom is -0.495 e. The second-order valence-electron chi connectivity index (χ2n) is 8.60. The van der Waals surface area contributed by atoms with Crippen LogP contribution in [-0.2, 0) is 6.54 Å². The van der Waals surface area contributed by atoms with Gasteiger partial charge in [-0.1, -0.05) is 18.6 Å². The number of rotatable bonds is 5. The Morgan fingerprint density at radius 3 is 2.54 bits per heavy atom. The van der Waals surface area contributed by atoms with Gasteiger partial charge in [-0.05, 0) is 61.2 Å². The van der Waals surface area contributed by atoms with Crippen LogP contribution in [0.25, 0.3) is 17.8 Å². The van der Waals surface area contributed by atoms with E-state index < -0.39 is 17.5 Å². The summed E-state index contributed by atoms with van der Waals surface area (Å²) in [5, 5.41) is 8.67. The molecule has 1 aliphatic heterocycles. The lowest BCUT2D eigenvalue weighted by Gasteiger charge is -2.15. The molecule has 0 saturated heterocycles. The van der Waals surface area contributed by atoms with E-state index in [0.29, 0.717) is 35.9 Å². The number of hydrogen-bond donors (Lipinski definition) is 0. The van der Waals surface area contributed by atoms with Crippen LogP contribution in [0.5, 0.6) is 5.75 Å². The Morgan fingerprint density at radius 2 is 1.83 bits per heavy atom. The van der Waals surface area contributed by atoms with Gasteiger partial charge in [0.25, 0.3) is 0 Å². The fraction of sp³-hybridized carbons (Fsp3) is 0.269. The molecule has 6 nitrogen and oxygen atoms in total. The molecule has 2 aromatic carbocycles. The molecule has 0 fully saturated rings. The first-order valence-corrected chi connectivity index (χ1v) is 11.4. The first kappa shape index (κ1) is 22.9. The van der Waals surface area contributed by atoms with E-state index in [2.05, 4.69) is 15.2 Å². The highest BCUT2D eigenvalue weighted by molar-refractivity contribution is 5.69. The van der Waals surface area contributed by atoms with Gasteiger partial charge in [-0.25, -0.2) is 18.2 Å². The second-order valence-corrected chi connectivity index (χ2v) is 8.60. The largest absolute Gasteiger partial charge is 0.495 e. The van der Waals surface area contributed by atoms with Crippen LogP contribution in [0.2, 0.25) is 0 Å². The second kappa shape index (κ2) is 9.40. The number of aromatic nitrogens is 5. The SMILES string of the molecule is COc1cc(C=Cc2nnc3n2CCCC[C@H]3c2cc(F)c(F)c(F)c2)ccc1-n1cnc(C)c1. The van der Waals surface area contributed by atoms with E-state index in [0.717, 1.165) is 41.9 Å². The normalized spacial score (nSPS) is 15.9. The molecular weight excluding hydrogens is 455 g/mol. The van der Waals surface area contributed by atoms with Gasteiger partial charge in [0.15, 0.2) is 23.3 Å². The van der Waals surface area contributed by atoms with E-state index >= 15 is 0 Å². The topological polar surface area (TPSA) is 57.8 Å². The average Bonchev–Trinajstić information content (AvgIpc) is 3.40. The van der Waals surface area contributed by atoms with E-state index in [-0.39, 0.29) is 5.92 Å². The van der Waals surface area contributed by atoms with Gasteiger partial charge in [-0.2, -0.15) is 0 Å². The molecule has 9 heteroatoms. The highest BCUT2D eigenvalue weighted by Gasteiger charge is 2.26. The smallest absolute Gasteiger partial charge is 0.194 e. The van der Waals surface area contributed by atoms with Gasteiger partial charge in [0.2, 0.25) is 0 Å². The Kier molecular flexibility index (Phi) is 6.15. The van der Waals surface area contributed by atoms with Crippen molar-refractivity contribution >= 4 is 12.2 Å². The Labute approximate surface area is 200 Å². The van der Waals surface area contributed by atoms with Crippen LogP contribution in [0.4, 0.5) is 13.2 Å². The van der Waals surface area contributed by atoms with Crippen molar-refractivity contribution < 1.29 is 17.9 Å². The van der Waals surface area contributed by atoms with Gasteiger partial charge in [-0.15, -0.1) is 10.2 Å². The Balaban J connectivity index is 1.45. The summed E-state index contributed by atoms with van der Waals surface area (Å²) >= 11 is 0. The lowest BCUT2D eigenvalue weighted by Crippen LogP contribution is -2.10.